The summed E-state index contributed by atoms with van der Waals surface area (Å²) in [5.41, 5.74) is 5.72. The van der Waals surface area contributed by atoms with Crippen LogP contribution in [0.1, 0.15) is 93.7 Å². The van der Waals surface area contributed by atoms with Gasteiger partial charge in [0.25, 0.3) is 0 Å². The Hall–Kier alpha value is -3.85. The molecule has 0 spiro atoms. The first-order valence-electron chi connectivity index (χ1n) is 18.5. The molecule has 9 nitrogen and oxygen atoms in total. The molecule has 0 atom stereocenters. The van der Waals surface area contributed by atoms with Crippen molar-refractivity contribution in [3.8, 4) is 16.9 Å². The number of ether oxygens (including phenoxy) is 2. The van der Waals surface area contributed by atoms with Crippen molar-refractivity contribution in [3.05, 3.63) is 66.0 Å². The Labute approximate surface area is 292 Å². The molecular weight excluding hydrogens is 614 g/mol. The minimum absolute atomic E-state index is 0.0807. The maximum absolute atomic E-state index is 14.4. The third kappa shape index (κ3) is 9.24. The number of aryl methyl sites for hydroxylation is 1. The van der Waals surface area contributed by atoms with Gasteiger partial charge >= 0.3 is 6.09 Å². The highest BCUT2D eigenvalue weighted by Gasteiger charge is 2.34. The number of aromatic nitrogens is 2. The largest absolute Gasteiger partial charge is 0.496 e. The summed E-state index contributed by atoms with van der Waals surface area (Å²) in [6.07, 6.45) is 14.2. The standard InChI is InChI=1S/C40H55N5O4/c1-28-23-33(15-20-38(28)48-4)30-11-9-29(10-12-30)26-44(36-8-5-7-32(24-36)34-25-42-45(27-34)35-16-17-35)39(46)31-13-18-37(19-14-31)49-40(47)41-21-6-22-43(2)3/h5,7-8,15,20,23-25,27,29-31,35,37H,6,9-14,16-19,21-22,26H2,1-4H3,(H,41,47)/t29-,30-,31-,37-. The fourth-order valence-corrected chi connectivity index (χ4v) is 7.72. The summed E-state index contributed by atoms with van der Waals surface area (Å²) < 4.78 is 13.3. The molecule has 3 saturated carbocycles. The Morgan fingerprint density at radius 1 is 0.939 bits per heavy atom. The molecule has 0 radical (unpaired) electrons. The number of hydrogen-bond donors (Lipinski definition) is 1. The van der Waals surface area contributed by atoms with Gasteiger partial charge in [-0.3, -0.25) is 9.48 Å². The van der Waals surface area contributed by atoms with E-state index in [-0.39, 0.29) is 24.0 Å². The summed E-state index contributed by atoms with van der Waals surface area (Å²) in [6, 6.07) is 15.6. The molecule has 3 fully saturated rings. The zero-order chi connectivity index (χ0) is 34.3. The van der Waals surface area contributed by atoms with Crippen LogP contribution in [0, 0.1) is 18.8 Å². The fraction of sp³-hybridized carbons (Fsp3) is 0.575. The van der Waals surface area contributed by atoms with Gasteiger partial charge in [-0.15, -0.1) is 0 Å². The molecule has 9 heteroatoms. The molecule has 2 amide bonds. The fourth-order valence-electron chi connectivity index (χ4n) is 7.72. The normalized spacial score (nSPS) is 22.5. The second kappa shape index (κ2) is 16.2. The van der Waals surface area contributed by atoms with Crippen molar-refractivity contribution in [1.29, 1.82) is 0 Å². The van der Waals surface area contributed by atoms with Crippen molar-refractivity contribution < 1.29 is 19.1 Å². The molecule has 1 aromatic heterocycles. The van der Waals surface area contributed by atoms with Crippen LogP contribution in [0.25, 0.3) is 11.1 Å². The third-order valence-corrected chi connectivity index (χ3v) is 10.8. The number of rotatable bonds is 13. The lowest BCUT2D eigenvalue weighted by atomic mass is 9.78. The van der Waals surface area contributed by atoms with Gasteiger partial charge in [-0.2, -0.15) is 5.10 Å². The lowest BCUT2D eigenvalue weighted by Gasteiger charge is -2.36. The summed E-state index contributed by atoms with van der Waals surface area (Å²) >= 11 is 0. The van der Waals surface area contributed by atoms with Crippen molar-refractivity contribution in [3.63, 3.8) is 0 Å². The minimum atomic E-state index is -0.350. The Morgan fingerprint density at radius 3 is 2.41 bits per heavy atom. The number of benzene rings is 2. The van der Waals surface area contributed by atoms with Crippen LogP contribution >= 0.6 is 0 Å². The highest BCUT2D eigenvalue weighted by molar-refractivity contribution is 5.95. The molecule has 0 unspecified atom stereocenters. The van der Waals surface area contributed by atoms with Gasteiger partial charge < -0.3 is 24.6 Å². The number of anilines is 1. The van der Waals surface area contributed by atoms with Crippen LogP contribution in [0.4, 0.5) is 10.5 Å². The number of hydrogen-bond acceptors (Lipinski definition) is 6. The first-order chi connectivity index (χ1) is 23.8. The summed E-state index contributed by atoms with van der Waals surface area (Å²) in [6.45, 7) is 4.36. The number of carbonyl (C=O) groups excluding carboxylic acids is 2. The zero-order valence-electron chi connectivity index (χ0n) is 29.9. The first-order valence-corrected chi connectivity index (χ1v) is 18.5. The van der Waals surface area contributed by atoms with E-state index < -0.39 is 0 Å². The number of amides is 2. The number of nitrogens with zero attached hydrogens (tertiary/aromatic N) is 4. The molecule has 1 N–H and O–H groups in total. The quantitative estimate of drug-likeness (QED) is 0.187. The maximum Gasteiger partial charge on any atom is 0.407 e. The van der Waals surface area contributed by atoms with E-state index in [0.717, 1.165) is 80.6 Å². The average Bonchev–Trinajstić information content (AvgIpc) is 3.85. The maximum atomic E-state index is 14.4. The molecule has 49 heavy (non-hydrogen) atoms. The molecule has 3 aromatic rings. The molecule has 264 valence electrons. The van der Waals surface area contributed by atoms with Crippen LogP contribution < -0.4 is 15.0 Å². The van der Waals surface area contributed by atoms with E-state index in [2.05, 4.69) is 80.5 Å². The van der Waals surface area contributed by atoms with E-state index in [0.29, 0.717) is 37.3 Å². The molecule has 3 aliphatic carbocycles. The molecule has 0 aliphatic heterocycles. The van der Waals surface area contributed by atoms with Crippen molar-refractivity contribution >= 4 is 17.7 Å². The van der Waals surface area contributed by atoms with E-state index in [1.54, 1.807) is 7.11 Å². The van der Waals surface area contributed by atoms with E-state index in [1.165, 1.54) is 24.0 Å². The van der Waals surface area contributed by atoms with Gasteiger partial charge in [0.15, 0.2) is 0 Å². The van der Waals surface area contributed by atoms with Crippen LogP contribution in [-0.2, 0) is 9.53 Å². The van der Waals surface area contributed by atoms with Crippen LogP contribution in [0.2, 0.25) is 0 Å². The van der Waals surface area contributed by atoms with E-state index >= 15 is 0 Å². The lowest BCUT2D eigenvalue weighted by Crippen LogP contribution is -2.42. The number of alkyl carbamates (subject to hydrolysis) is 1. The van der Waals surface area contributed by atoms with Crippen LogP contribution in [0.3, 0.4) is 0 Å². The first kappa shape index (κ1) is 35.0. The highest BCUT2D eigenvalue weighted by atomic mass is 16.6. The number of carbonyl (C=O) groups is 2. The molecule has 0 bridgehead atoms. The summed E-state index contributed by atoms with van der Waals surface area (Å²) in [5.74, 6) is 2.04. The number of methoxy groups -OCH3 is 1. The van der Waals surface area contributed by atoms with Crippen molar-refractivity contribution in [2.75, 3.05) is 45.7 Å². The monoisotopic (exact) mass is 669 g/mol. The molecule has 3 aliphatic rings. The van der Waals surface area contributed by atoms with Crippen LogP contribution in [0.15, 0.2) is 54.9 Å². The summed E-state index contributed by atoms with van der Waals surface area (Å²) in [4.78, 5) is 31.0. The zero-order valence-corrected chi connectivity index (χ0v) is 29.9. The number of nitrogens with one attached hydrogen (secondary N) is 1. The van der Waals surface area contributed by atoms with Gasteiger partial charge in [0.1, 0.15) is 11.9 Å². The average molecular weight is 670 g/mol. The molecule has 0 saturated heterocycles. The third-order valence-electron chi connectivity index (χ3n) is 10.8. The topological polar surface area (TPSA) is 88.9 Å². The van der Waals surface area contributed by atoms with Crippen LogP contribution in [-0.4, -0.2) is 73.6 Å². The Morgan fingerprint density at radius 2 is 1.71 bits per heavy atom. The van der Waals surface area contributed by atoms with E-state index in [1.807, 2.05) is 20.3 Å². The molecule has 1 heterocycles. The Kier molecular flexibility index (Phi) is 11.6. The highest BCUT2D eigenvalue weighted by Crippen LogP contribution is 2.40. The van der Waals surface area contributed by atoms with Gasteiger partial charge in [0.05, 0.1) is 19.3 Å². The lowest BCUT2D eigenvalue weighted by molar-refractivity contribution is -0.124. The minimum Gasteiger partial charge on any atom is -0.496 e. The molecular formula is C40H55N5O4. The van der Waals surface area contributed by atoms with Gasteiger partial charge in [-0.1, -0.05) is 24.3 Å². The molecule has 2 aromatic carbocycles. The Balaban J connectivity index is 1.11. The van der Waals surface area contributed by atoms with E-state index in [4.69, 9.17) is 9.47 Å². The summed E-state index contributed by atoms with van der Waals surface area (Å²) in [5, 5.41) is 7.50. The van der Waals surface area contributed by atoms with Crippen molar-refractivity contribution in [1.82, 2.24) is 20.0 Å². The smallest absolute Gasteiger partial charge is 0.407 e. The summed E-state index contributed by atoms with van der Waals surface area (Å²) in [7, 11) is 5.77. The van der Waals surface area contributed by atoms with Gasteiger partial charge in [-0.25, -0.2) is 4.79 Å². The molecule has 6 rings (SSSR count). The van der Waals surface area contributed by atoms with Crippen LogP contribution in [0.5, 0.6) is 5.75 Å². The predicted molar refractivity (Wildman–Crippen MR) is 194 cm³/mol. The van der Waals surface area contributed by atoms with Gasteiger partial charge in [0, 0.05) is 36.5 Å². The predicted octanol–water partition coefficient (Wildman–Crippen LogP) is 7.75. The van der Waals surface area contributed by atoms with Gasteiger partial charge in [-0.05, 0) is 145 Å². The van der Waals surface area contributed by atoms with Gasteiger partial charge in [0.2, 0.25) is 5.91 Å². The van der Waals surface area contributed by atoms with E-state index in [9.17, 15) is 9.59 Å². The SMILES string of the molecule is COc1ccc([C@H]2CC[C@H](CN(c3cccc(-c4cnn(C5CC5)c4)c3)C(=O)[C@H]3CC[C@H](OC(=O)NCCCN(C)C)CC3)CC2)cc1C. The van der Waals surface area contributed by atoms with Crippen molar-refractivity contribution in [2.45, 2.75) is 95.6 Å². The second-order valence-electron chi connectivity index (χ2n) is 14.8. The van der Waals surface area contributed by atoms with Crippen molar-refractivity contribution in [2.24, 2.45) is 11.8 Å². The second-order valence-corrected chi connectivity index (χ2v) is 14.8. The Bertz CT molecular complexity index is 1550.